The Kier molecular flexibility index (Phi) is 17.0. The summed E-state index contributed by atoms with van der Waals surface area (Å²) in [5.41, 5.74) is 12.6. The number of hydrogen-bond donors (Lipinski definition) is 9. The highest BCUT2D eigenvalue weighted by Crippen LogP contribution is 2.21. The fourth-order valence-electron chi connectivity index (χ4n) is 6.18. The van der Waals surface area contributed by atoms with Crippen LogP contribution in [0.5, 0.6) is 0 Å². The lowest BCUT2D eigenvalue weighted by Gasteiger charge is -2.31. The van der Waals surface area contributed by atoms with E-state index in [-0.39, 0.29) is 32.2 Å². The summed E-state index contributed by atoms with van der Waals surface area (Å²) in [6.45, 7) is 4.06. The highest BCUT2D eigenvalue weighted by Gasteiger charge is 2.40. The first-order valence-electron chi connectivity index (χ1n) is 18.2. The van der Waals surface area contributed by atoms with E-state index in [1.54, 1.807) is 37.3 Å². The number of H-pyrrole nitrogens is 1. The van der Waals surface area contributed by atoms with Crippen LogP contribution in [0.25, 0.3) is 0 Å². The van der Waals surface area contributed by atoms with Crippen LogP contribution in [0.2, 0.25) is 0 Å². The zero-order chi connectivity index (χ0) is 39.8. The number of aliphatic carboxylic acids is 2. The molecule has 0 unspecified atom stereocenters. The van der Waals surface area contributed by atoms with E-state index in [1.807, 2.05) is 6.92 Å². The van der Waals surface area contributed by atoms with Crippen LogP contribution in [0, 0.1) is 5.92 Å². The number of aromatic amines is 1. The maximum absolute atomic E-state index is 14.2. The molecule has 1 aliphatic heterocycles. The molecule has 5 amide bonds. The van der Waals surface area contributed by atoms with Crippen molar-refractivity contribution >= 4 is 41.5 Å². The average molecular weight is 756 g/mol. The Bertz CT molecular complexity index is 1570. The first-order chi connectivity index (χ1) is 25.7. The standard InChI is InChI=1S/C36H53N9O9/c1-3-21(2)30(44-32(49)25(12-7-8-14-37)41-31(48)24(38)18-29(46)47)34(51)42-26(17-23-19-39-20-40-23)35(52)45-15-9-13-28(45)33(50)43-27(36(53)54)16-22-10-5-4-6-11-22/h4-6,10-11,19-21,24-28,30H,3,7-9,12-18,37-38H2,1-2H3,(H,39,40)(H,41,48)(H,42,51)(H,43,50)(H,44,49)(H,46,47)(H,53,54)/t21-,24-,25-,26-,27-,28-,30-/m0/s1. The predicted molar refractivity (Wildman–Crippen MR) is 195 cm³/mol. The van der Waals surface area contributed by atoms with Gasteiger partial charge in [-0.2, -0.15) is 0 Å². The predicted octanol–water partition coefficient (Wildman–Crippen LogP) is -0.813. The van der Waals surface area contributed by atoms with Crippen LogP contribution in [0.4, 0.5) is 0 Å². The Hall–Kier alpha value is -5.36. The van der Waals surface area contributed by atoms with Crippen molar-refractivity contribution in [3.8, 4) is 0 Å². The summed E-state index contributed by atoms with van der Waals surface area (Å²) in [5, 5.41) is 29.5. The number of nitrogens with one attached hydrogen (secondary N) is 5. The second-order valence-electron chi connectivity index (χ2n) is 13.5. The smallest absolute Gasteiger partial charge is 0.326 e. The summed E-state index contributed by atoms with van der Waals surface area (Å²) in [6, 6.07) is 1.62. The van der Waals surface area contributed by atoms with E-state index in [9.17, 15) is 38.7 Å². The minimum Gasteiger partial charge on any atom is -0.481 e. The van der Waals surface area contributed by atoms with Gasteiger partial charge in [0.25, 0.3) is 0 Å². The topological polar surface area (TPSA) is 292 Å². The van der Waals surface area contributed by atoms with Crippen molar-refractivity contribution in [2.75, 3.05) is 13.1 Å². The van der Waals surface area contributed by atoms with Gasteiger partial charge in [-0.05, 0) is 50.1 Å². The van der Waals surface area contributed by atoms with Gasteiger partial charge in [0.2, 0.25) is 29.5 Å². The molecule has 0 radical (unpaired) electrons. The molecule has 1 fully saturated rings. The number of aromatic nitrogens is 2. The number of likely N-dealkylation sites (tertiary alicyclic amines) is 1. The first-order valence-corrected chi connectivity index (χ1v) is 18.2. The molecule has 3 rings (SSSR count). The number of carbonyl (C=O) groups is 7. The number of imidazole rings is 1. The summed E-state index contributed by atoms with van der Waals surface area (Å²) >= 11 is 0. The minimum atomic E-state index is -1.41. The summed E-state index contributed by atoms with van der Waals surface area (Å²) in [4.78, 5) is 99.5. The Labute approximate surface area is 313 Å². The summed E-state index contributed by atoms with van der Waals surface area (Å²) < 4.78 is 0. The minimum absolute atomic E-state index is 0.0382. The number of hydrogen-bond acceptors (Lipinski definition) is 10. The van der Waals surface area contributed by atoms with Crippen molar-refractivity contribution in [1.82, 2.24) is 36.1 Å². The van der Waals surface area contributed by atoms with Gasteiger partial charge in [0.1, 0.15) is 30.2 Å². The SMILES string of the molecule is CC[C@H](C)[C@H](NC(=O)[C@H](CCCCN)NC(=O)[C@@H](N)CC(=O)O)C(=O)N[C@@H](Cc1cnc[nH]1)C(=O)N1CCC[C@H]1C(=O)N[C@@H](Cc1ccccc1)C(=O)O. The molecule has 54 heavy (non-hydrogen) atoms. The van der Waals surface area contributed by atoms with E-state index in [4.69, 9.17) is 16.6 Å². The molecule has 1 aromatic carbocycles. The molecule has 1 saturated heterocycles. The zero-order valence-electron chi connectivity index (χ0n) is 30.7. The maximum Gasteiger partial charge on any atom is 0.326 e. The molecule has 11 N–H and O–H groups in total. The second kappa shape index (κ2) is 21.4. The first kappa shape index (κ1) is 43.0. The van der Waals surface area contributed by atoms with E-state index in [0.717, 1.165) is 0 Å². The lowest BCUT2D eigenvalue weighted by atomic mass is 9.96. The third-order valence-electron chi connectivity index (χ3n) is 9.43. The summed E-state index contributed by atoms with van der Waals surface area (Å²) in [5.74, 6) is -6.43. The summed E-state index contributed by atoms with van der Waals surface area (Å²) in [6.07, 6.45) is 4.53. The van der Waals surface area contributed by atoms with Crippen LogP contribution >= 0.6 is 0 Å². The van der Waals surface area contributed by atoms with Crippen LogP contribution in [-0.2, 0) is 46.4 Å². The van der Waals surface area contributed by atoms with Gasteiger partial charge in [-0.25, -0.2) is 9.78 Å². The number of unbranched alkanes of at least 4 members (excludes halogenated alkanes) is 1. The number of nitrogens with two attached hydrogens (primary N) is 2. The second-order valence-corrected chi connectivity index (χ2v) is 13.5. The van der Waals surface area contributed by atoms with Gasteiger partial charge in [-0.15, -0.1) is 0 Å². The van der Waals surface area contributed by atoms with Crippen molar-refractivity contribution in [2.24, 2.45) is 17.4 Å². The molecule has 296 valence electrons. The van der Waals surface area contributed by atoms with E-state index < -0.39 is 90.1 Å². The van der Waals surface area contributed by atoms with E-state index in [2.05, 4.69) is 31.2 Å². The molecular weight excluding hydrogens is 702 g/mol. The highest BCUT2D eigenvalue weighted by atomic mass is 16.4. The molecule has 0 aliphatic carbocycles. The molecule has 0 saturated carbocycles. The summed E-state index contributed by atoms with van der Waals surface area (Å²) in [7, 11) is 0. The van der Waals surface area contributed by atoms with Crippen molar-refractivity contribution < 1.29 is 43.8 Å². The monoisotopic (exact) mass is 755 g/mol. The molecule has 7 atom stereocenters. The Morgan fingerprint density at radius 3 is 2.24 bits per heavy atom. The van der Waals surface area contributed by atoms with Crippen LogP contribution in [0.15, 0.2) is 42.9 Å². The number of carboxylic acid groups (broad SMARTS) is 2. The van der Waals surface area contributed by atoms with E-state index in [1.165, 1.54) is 17.4 Å². The van der Waals surface area contributed by atoms with Gasteiger partial charge < -0.3 is 52.8 Å². The lowest BCUT2D eigenvalue weighted by Crippen LogP contribution is -2.60. The van der Waals surface area contributed by atoms with Gasteiger partial charge in [-0.3, -0.25) is 28.8 Å². The molecule has 2 heterocycles. The number of carbonyl (C=O) groups excluding carboxylic acids is 5. The van der Waals surface area contributed by atoms with Crippen LogP contribution in [0.3, 0.4) is 0 Å². The van der Waals surface area contributed by atoms with E-state index >= 15 is 0 Å². The van der Waals surface area contributed by atoms with Crippen molar-refractivity contribution in [1.29, 1.82) is 0 Å². The van der Waals surface area contributed by atoms with Gasteiger partial charge in [-0.1, -0.05) is 50.6 Å². The Morgan fingerprint density at radius 1 is 0.926 bits per heavy atom. The molecule has 0 bridgehead atoms. The molecule has 2 aromatic rings. The van der Waals surface area contributed by atoms with Gasteiger partial charge in [0, 0.05) is 31.3 Å². The third-order valence-corrected chi connectivity index (χ3v) is 9.43. The molecule has 18 heteroatoms. The van der Waals surface area contributed by atoms with Gasteiger partial charge in [0.15, 0.2) is 0 Å². The maximum atomic E-state index is 14.2. The van der Waals surface area contributed by atoms with Crippen LogP contribution in [-0.4, -0.2) is 116 Å². The molecule has 18 nitrogen and oxygen atoms in total. The fourth-order valence-corrected chi connectivity index (χ4v) is 6.18. The van der Waals surface area contributed by atoms with Gasteiger partial charge in [0.05, 0.1) is 18.8 Å². The highest BCUT2D eigenvalue weighted by molar-refractivity contribution is 5.97. The Morgan fingerprint density at radius 2 is 1.63 bits per heavy atom. The van der Waals surface area contributed by atoms with E-state index in [0.29, 0.717) is 43.5 Å². The van der Waals surface area contributed by atoms with Crippen molar-refractivity contribution in [2.45, 2.75) is 108 Å². The van der Waals surface area contributed by atoms with Crippen LogP contribution in [0.1, 0.15) is 70.1 Å². The average Bonchev–Trinajstić information content (AvgIpc) is 3.85. The normalized spacial score (nSPS) is 17.3. The molecular formula is C36H53N9O9. The van der Waals surface area contributed by atoms with Gasteiger partial charge >= 0.3 is 11.9 Å². The molecule has 1 aliphatic rings. The molecule has 1 aromatic heterocycles. The molecule has 0 spiro atoms. The number of nitrogens with zero attached hydrogens (tertiary/aromatic N) is 2. The third kappa shape index (κ3) is 12.9. The van der Waals surface area contributed by atoms with Crippen molar-refractivity contribution in [3.63, 3.8) is 0 Å². The number of rotatable bonds is 22. The number of carboxylic acids is 2. The van der Waals surface area contributed by atoms with Crippen molar-refractivity contribution in [3.05, 3.63) is 54.1 Å². The number of benzene rings is 1. The zero-order valence-corrected chi connectivity index (χ0v) is 30.7. The fraction of sp³-hybridized carbons (Fsp3) is 0.556. The lowest BCUT2D eigenvalue weighted by molar-refractivity contribution is -0.145. The Balaban J connectivity index is 1.81. The number of amides is 5. The van der Waals surface area contributed by atoms with Crippen LogP contribution < -0.4 is 32.7 Å². The quantitative estimate of drug-likeness (QED) is 0.0667. The largest absolute Gasteiger partial charge is 0.481 e.